The monoisotopic (exact) mass is 954 g/mol. The number of alkyl halides is 2. The first kappa shape index (κ1) is 46.0. The van der Waals surface area contributed by atoms with E-state index in [4.69, 9.17) is 9.97 Å². The van der Waals surface area contributed by atoms with Crippen LogP contribution in [0.25, 0.3) is 66.6 Å². The number of aromatic nitrogens is 4. The Morgan fingerprint density at radius 1 is 0.484 bits per heavy atom. The molecule has 62 heavy (non-hydrogen) atoms. The van der Waals surface area contributed by atoms with Gasteiger partial charge in [0, 0.05) is 32.8 Å². The van der Waals surface area contributed by atoms with Crippen molar-refractivity contribution in [2.75, 3.05) is 10.7 Å². The zero-order valence-corrected chi connectivity index (χ0v) is 41.9. The molecule has 5 aromatic rings. The maximum Gasteiger partial charge on any atom is 0.0769 e. The summed E-state index contributed by atoms with van der Waals surface area (Å²) in [6.07, 6.45) is 15.7. The average Bonchev–Trinajstić information content (AvgIpc) is 3.96. The lowest BCUT2D eigenvalue weighted by Gasteiger charge is -2.12. The number of H-pyrrole nitrogens is 2. The Kier molecular flexibility index (Phi) is 15.7. The van der Waals surface area contributed by atoms with Gasteiger partial charge in [0.05, 0.1) is 33.8 Å². The Balaban J connectivity index is 1.57. The van der Waals surface area contributed by atoms with E-state index >= 15 is 0 Å². The molecule has 0 fully saturated rings. The quantitative estimate of drug-likeness (QED) is 0.0679. The lowest BCUT2D eigenvalue weighted by Crippen LogP contribution is -1.95. The maximum absolute atomic E-state index is 5.67. The largest absolute Gasteiger partial charge is 0.354 e. The van der Waals surface area contributed by atoms with E-state index in [1.54, 1.807) is 0 Å². The van der Waals surface area contributed by atoms with Gasteiger partial charge < -0.3 is 9.97 Å². The van der Waals surface area contributed by atoms with Gasteiger partial charge in [-0.2, -0.15) is 0 Å². The van der Waals surface area contributed by atoms with Crippen molar-refractivity contribution in [1.29, 1.82) is 0 Å². The first-order valence-corrected chi connectivity index (χ1v) is 25.9. The minimum Gasteiger partial charge on any atom is -0.354 e. The molecule has 8 bridgehead atoms. The van der Waals surface area contributed by atoms with E-state index in [-0.39, 0.29) is 0 Å². The molecule has 2 aliphatic heterocycles. The van der Waals surface area contributed by atoms with Gasteiger partial charge in [-0.05, 0) is 171 Å². The molecule has 0 aliphatic carbocycles. The van der Waals surface area contributed by atoms with Crippen LogP contribution in [0.5, 0.6) is 0 Å². The van der Waals surface area contributed by atoms with Gasteiger partial charge in [0.2, 0.25) is 0 Å². The molecule has 2 N–H and O–H groups in total. The van der Waals surface area contributed by atoms with Crippen LogP contribution in [0.4, 0.5) is 0 Å². The number of nitrogens with one attached hydrogen (secondary N) is 2. The summed E-state index contributed by atoms with van der Waals surface area (Å²) in [5.41, 5.74) is 26.9. The van der Waals surface area contributed by atoms with Crippen LogP contribution in [0, 0.1) is 13.8 Å². The molecule has 0 atom stereocenters. The Bertz CT molecular complexity index is 2530. The van der Waals surface area contributed by atoms with Crippen LogP contribution in [0.15, 0.2) is 60.7 Å². The molecule has 0 amide bonds. The van der Waals surface area contributed by atoms with E-state index in [9.17, 15) is 0 Å². The van der Waals surface area contributed by atoms with Gasteiger partial charge in [-0.1, -0.05) is 134 Å². The van der Waals surface area contributed by atoms with Gasteiger partial charge in [-0.25, -0.2) is 9.97 Å². The van der Waals surface area contributed by atoms with Crippen molar-refractivity contribution in [1.82, 2.24) is 19.9 Å². The Hall–Kier alpha value is -4.00. The van der Waals surface area contributed by atoms with Crippen molar-refractivity contribution in [3.8, 4) is 22.3 Å². The molecule has 5 heterocycles. The van der Waals surface area contributed by atoms with Crippen LogP contribution in [-0.2, 0) is 25.7 Å². The number of aryl methyl sites for hydroxylation is 6. The predicted molar refractivity (Wildman–Crippen MR) is 278 cm³/mol. The molecule has 2 aliphatic rings. The number of allylic oxidation sites excluding steroid dienone is 4. The van der Waals surface area contributed by atoms with Crippen molar-refractivity contribution in [3.05, 3.63) is 117 Å². The molecule has 6 heteroatoms. The second-order valence-electron chi connectivity index (χ2n) is 17.5. The molecule has 7 rings (SSSR count). The van der Waals surface area contributed by atoms with Crippen LogP contribution in [-0.4, -0.2) is 30.6 Å². The smallest absolute Gasteiger partial charge is 0.0769 e. The zero-order chi connectivity index (χ0) is 43.9. The highest BCUT2D eigenvalue weighted by molar-refractivity contribution is 9.09. The minimum absolute atomic E-state index is 0.900. The van der Waals surface area contributed by atoms with Crippen molar-refractivity contribution >= 4 is 76.2 Å². The van der Waals surface area contributed by atoms with Crippen LogP contribution < -0.4 is 0 Å². The van der Waals surface area contributed by atoms with Gasteiger partial charge in [0.15, 0.2) is 0 Å². The van der Waals surface area contributed by atoms with Crippen LogP contribution in [0.1, 0.15) is 162 Å². The van der Waals surface area contributed by atoms with Crippen molar-refractivity contribution in [3.63, 3.8) is 0 Å². The number of halogens is 2. The number of aromatic amines is 2. The van der Waals surface area contributed by atoms with Crippen molar-refractivity contribution < 1.29 is 0 Å². The SMILES string of the molecule is CCC1=C(C)c2nc1cc1[nH]c(c(C)c1CC)c(-c1cccc(CCCCCCBr)c1)c1[nH]c(cc3nc(c2-c2cccc(CCCCCCBr)c2)C(C)=C3CC)c(CC)c1C. The molecule has 2 aromatic carbocycles. The fourth-order valence-electron chi connectivity index (χ4n) is 10.2. The summed E-state index contributed by atoms with van der Waals surface area (Å²) in [5, 5.41) is 2.17. The van der Waals surface area contributed by atoms with Gasteiger partial charge in [0.25, 0.3) is 0 Å². The first-order valence-electron chi connectivity index (χ1n) is 23.7. The standard InChI is InChI=1S/C56H68Br2N4/c1-9-43-35(5)53-51(41-27-21-25-39(31-41)23-17-13-15-19-29-57)54-37(7)45(11-3)49(61-54)34-50-46(12-4)38(8)56(62-50)52(42-28-22-26-40(32-42)24-18-14-16-20-30-58)55-36(6)44(10-2)48(60-55)33-47(43)59-53/h21-22,25-28,31-34,59,61H,9-20,23-24,29-30H2,1-8H3. The molecule has 0 saturated carbocycles. The van der Waals surface area contributed by atoms with E-state index in [0.717, 1.165) is 88.6 Å². The van der Waals surface area contributed by atoms with Crippen molar-refractivity contribution in [2.45, 2.75) is 145 Å². The molecule has 0 radical (unpaired) electrons. The molecule has 0 unspecified atom stereocenters. The van der Waals surface area contributed by atoms with E-state index in [1.807, 2.05) is 0 Å². The van der Waals surface area contributed by atoms with E-state index < -0.39 is 0 Å². The zero-order valence-electron chi connectivity index (χ0n) is 38.7. The summed E-state index contributed by atoms with van der Waals surface area (Å²) in [6, 6.07) is 23.3. The molecule has 3 aromatic heterocycles. The van der Waals surface area contributed by atoms with E-state index in [0.29, 0.717) is 0 Å². The first-order chi connectivity index (χ1) is 30.2. The summed E-state index contributed by atoms with van der Waals surface area (Å²) >= 11 is 7.22. The minimum atomic E-state index is 0.900. The highest BCUT2D eigenvalue weighted by atomic mass is 79.9. The lowest BCUT2D eigenvalue weighted by atomic mass is 9.92. The van der Waals surface area contributed by atoms with E-state index in [2.05, 4.69) is 158 Å². The average molecular weight is 957 g/mol. The summed E-state index contributed by atoms with van der Waals surface area (Å²) < 4.78 is 0. The number of hydrogen-bond donors (Lipinski definition) is 2. The normalized spacial score (nSPS) is 12.9. The second kappa shape index (κ2) is 21.1. The van der Waals surface area contributed by atoms with Crippen LogP contribution in [0.3, 0.4) is 0 Å². The summed E-state index contributed by atoms with van der Waals surface area (Å²) in [7, 11) is 0. The molecule has 0 spiro atoms. The molecule has 4 nitrogen and oxygen atoms in total. The maximum atomic E-state index is 5.67. The second-order valence-corrected chi connectivity index (χ2v) is 19.1. The van der Waals surface area contributed by atoms with E-state index in [1.165, 1.54) is 135 Å². The number of rotatable bonds is 18. The van der Waals surface area contributed by atoms with Crippen LogP contribution in [0.2, 0.25) is 0 Å². The van der Waals surface area contributed by atoms with Crippen molar-refractivity contribution in [2.24, 2.45) is 0 Å². The third-order valence-corrected chi connectivity index (χ3v) is 14.7. The topological polar surface area (TPSA) is 57.4 Å². The van der Waals surface area contributed by atoms with Gasteiger partial charge >= 0.3 is 0 Å². The highest BCUT2D eigenvalue weighted by Gasteiger charge is 2.27. The Morgan fingerprint density at radius 3 is 1.31 bits per heavy atom. The number of hydrogen-bond acceptors (Lipinski definition) is 2. The fraction of sp³-hybridized carbons (Fsp3) is 0.429. The number of unbranched alkanes of at least 4 members (excludes halogenated alkanes) is 6. The molecular formula is C56H68Br2N4. The molecular weight excluding hydrogens is 888 g/mol. The summed E-state index contributed by atoms with van der Waals surface area (Å²) in [5.74, 6) is 0. The van der Waals surface area contributed by atoms with Gasteiger partial charge in [0.1, 0.15) is 0 Å². The predicted octanol–water partition coefficient (Wildman–Crippen LogP) is 17.1. The molecule has 0 saturated heterocycles. The van der Waals surface area contributed by atoms with Gasteiger partial charge in [-0.3, -0.25) is 0 Å². The number of nitrogens with zero attached hydrogens (tertiary/aromatic N) is 2. The molecule has 326 valence electrons. The Labute approximate surface area is 388 Å². The van der Waals surface area contributed by atoms with Gasteiger partial charge in [-0.15, -0.1) is 0 Å². The third kappa shape index (κ3) is 9.43. The third-order valence-electron chi connectivity index (χ3n) is 13.6. The summed E-state index contributed by atoms with van der Waals surface area (Å²) in [6.45, 7) is 18.4. The highest BCUT2D eigenvalue weighted by Crippen LogP contribution is 2.44. The Morgan fingerprint density at radius 2 is 0.903 bits per heavy atom. The lowest BCUT2D eigenvalue weighted by molar-refractivity contribution is 0.671. The van der Waals surface area contributed by atoms with Crippen LogP contribution >= 0.6 is 31.9 Å². The number of benzene rings is 2. The number of fused-ring (bicyclic) bond motifs is 8. The summed E-state index contributed by atoms with van der Waals surface area (Å²) in [4.78, 5) is 19.5. The fourth-order valence-corrected chi connectivity index (χ4v) is 11.0.